The van der Waals surface area contributed by atoms with Gasteiger partial charge in [-0.2, -0.15) is 5.10 Å². The molecule has 1 aromatic rings. The van der Waals surface area contributed by atoms with Crippen molar-refractivity contribution in [2.45, 2.75) is 72.6 Å². The maximum atomic E-state index is 12.0. The van der Waals surface area contributed by atoms with Crippen LogP contribution in [0, 0.1) is 12.8 Å². The molecule has 21 heavy (non-hydrogen) atoms. The quantitative estimate of drug-likeness (QED) is 0.769. The van der Waals surface area contributed by atoms with Crippen LogP contribution in [0.5, 0.6) is 0 Å². The fraction of sp³-hybridized carbons (Fsp3) is 0.706. The Kier molecular flexibility index (Phi) is 7.34. The Morgan fingerprint density at radius 3 is 2.33 bits per heavy atom. The lowest BCUT2D eigenvalue weighted by Gasteiger charge is -2.19. The predicted molar refractivity (Wildman–Crippen MR) is 87.4 cm³/mol. The number of rotatable bonds is 8. The summed E-state index contributed by atoms with van der Waals surface area (Å²) in [7, 11) is 0. The molecule has 0 radical (unpaired) electrons. The van der Waals surface area contributed by atoms with E-state index in [0.717, 1.165) is 36.9 Å². The van der Waals surface area contributed by atoms with Gasteiger partial charge in [0, 0.05) is 12.0 Å². The van der Waals surface area contributed by atoms with Crippen LogP contribution in [0.1, 0.15) is 77.0 Å². The molecule has 0 aromatic carbocycles. The van der Waals surface area contributed by atoms with Crippen LogP contribution in [0.4, 0.5) is 5.82 Å². The molecule has 0 aliphatic heterocycles. The fourth-order valence-electron chi connectivity index (χ4n) is 2.62. The van der Waals surface area contributed by atoms with E-state index in [1.807, 2.05) is 20.8 Å². The van der Waals surface area contributed by atoms with E-state index in [2.05, 4.69) is 35.4 Å². The standard InChI is InChI=1S/C17H29N3O/c1-6-8-14(9-7-2)15-11-13(5)19-20-17(15)18-16(21)10-12(3)4/h11-12,14H,6-10H2,1-5H3,(H,18,20,21). The zero-order chi connectivity index (χ0) is 15.8. The van der Waals surface area contributed by atoms with Crippen molar-refractivity contribution in [3.05, 3.63) is 17.3 Å². The first-order valence-electron chi connectivity index (χ1n) is 8.11. The van der Waals surface area contributed by atoms with E-state index >= 15 is 0 Å². The molecule has 0 spiro atoms. The first kappa shape index (κ1) is 17.6. The van der Waals surface area contributed by atoms with Crippen molar-refractivity contribution in [2.75, 3.05) is 5.32 Å². The lowest BCUT2D eigenvalue weighted by atomic mass is 9.90. The molecular weight excluding hydrogens is 262 g/mol. The van der Waals surface area contributed by atoms with Crippen LogP contribution < -0.4 is 5.32 Å². The van der Waals surface area contributed by atoms with Gasteiger partial charge in [0.05, 0.1) is 5.69 Å². The first-order valence-corrected chi connectivity index (χ1v) is 8.11. The molecule has 0 bridgehead atoms. The summed E-state index contributed by atoms with van der Waals surface area (Å²) in [6, 6.07) is 2.08. The Hall–Kier alpha value is -1.45. The zero-order valence-corrected chi connectivity index (χ0v) is 14.1. The Morgan fingerprint density at radius 2 is 1.81 bits per heavy atom. The molecule has 118 valence electrons. The van der Waals surface area contributed by atoms with Crippen molar-refractivity contribution < 1.29 is 4.79 Å². The summed E-state index contributed by atoms with van der Waals surface area (Å²) in [5.41, 5.74) is 2.05. The van der Waals surface area contributed by atoms with Crippen molar-refractivity contribution in [2.24, 2.45) is 5.92 Å². The third kappa shape index (κ3) is 5.82. The van der Waals surface area contributed by atoms with Crippen LogP contribution in [-0.4, -0.2) is 16.1 Å². The van der Waals surface area contributed by atoms with Gasteiger partial charge < -0.3 is 5.32 Å². The highest BCUT2D eigenvalue weighted by molar-refractivity contribution is 5.90. The minimum Gasteiger partial charge on any atom is -0.309 e. The summed E-state index contributed by atoms with van der Waals surface area (Å²) in [6.45, 7) is 10.4. The monoisotopic (exact) mass is 291 g/mol. The minimum atomic E-state index is 0.0242. The maximum absolute atomic E-state index is 12.0. The zero-order valence-electron chi connectivity index (χ0n) is 14.1. The molecule has 4 nitrogen and oxygen atoms in total. The second kappa shape index (κ2) is 8.75. The number of amides is 1. The number of nitrogens with zero attached hydrogens (tertiary/aromatic N) is 2. The normalized spacial score (nSPS) is 11.2. The topological polar surface area (TPSA) is 54.9 Å². The Balaban J connectivity index is 2.99. The van der Waals surface area contributed by atoms with Crippen molar-refractivity contribution in [3.8, 4) is 0 Å². The number of anilines is 1. The highest BCUT2D eigenvalue weighted by atomic mass is 16.1. The molecule has 1 amide bonds. The smallest absolute Gasteiger partial charge is 0.225 e. The maximum Gasteiger partial charge on any atom is 0.225 e. The Bertz CT molecular complexity index is 451. The van der Waals surface area contributed by atoms with Crippen LogP contribution in [0.25, 0.3) is 0 Å². The average Bonchev–Trinajstić information content (AvgIpc) is 2.39. The van der Waals surface area contributed by atoms with E-state index in [0.29, 0.717) is 24.1 Å². The van der Waals surface area contributed by atoms with Gasteiger partial charge in [0.25, 0.3) is 0 Å². The minimum absolute atomic E-state index is 0.0242. The van der Waals surface area contributed by atoms with Gasteiger partial charge in [-0.25, -0.2) is 0 Å². The van der Waals surface area contributed by atoms with Crippen molar-refractivity contribution in [3.63, 3.8) is 0 Å². The number of hydrogen-bond donors (Lipinski definition) is 1. The molecule has 0 saturated carbocycles. The van der Waals surface area contributed by atoms with Gasteiger partial charge in [-0.3, -0.25) is 4.79 Å². The van der Waals surface area contributed by atoms with Crippen LogP contribution in [0.3, 0.4) is 0 Å². The van der Waals surface area contributed by atoms with Gasteiger partial charge in [0.15, 0.2) is 5.82 Å². The Morgan fingerprint density at radius 1 is 1.19 bits per heavy atom. The van der Waals surface area contributed by atoms with Gasteiger partial charge in [0.1, 0.15) is 0 Å². The summed E-state index contributed by atoms with van der Waals surface area (Å²) in [6.07, 6.45) is 5.01. The number of hydrogen-bond acceptors (Lipinski definition) is 3. The number of carbonyl (C=O) groups is 1. The van der Waals surface area contributed by atoms with E-state index in [1.54, 1.807) is 0 Å². The predicted octanol–water partition coefficient (Wildman–Crippen LogP) is 4.45. The molecule has 0 atom stereocenters. The first-order chi connectivity index (χ1) is 9.97. The molecular formula is C17H29N3O. The molecule has 0 aliphatic rings. The van der Waals surface area contributed by atoms with E-state index in [4.69, 9.17) is 0 Å². The molecule has 0 saturated heterocycles. The van der Waals surface area contributed by atoms with E-state index in [1.165, 1.54) is 0 Å². The largest absolute Gasteiger partial charge is 0.309 e. The molecule has 1 N–H and O–H groups in total. The van der Waals surface area contributed by atoms with Crippen molar-refractivity contribution in [1.29, 1.82) is 0 Å². The summed E-state index contributed by atoms with van der Waals surface area (Å²) < 4.78 is 0. The molecule has 4 heteroatoms. The summed E-state index contributed by atoms with van der Waals surface area (Å²) in [5, 5.41) is 11.3. The number of aryl methyl sites for hydroxylation is 1. The van der Waals surface area contributed by atoms with Crippen LogP contribution >= 0.6 is 0 Å². The van der Waals surface area contributed by atoms with Crippen LogP contribution in [-0.2, 0) is 4.79 Å². The summed E-state index contributed by atoms with van der Waals surface area (Å²) in [5.74, 6) is 1.46. The average molecular weight is 291 g/mol. The highest BCUT2D eigenvalue weighted by Gasteiger charge is 2.18. The lowest BCUT2D eigenvalue weighted by Crippen LogP contribution is -2.18. The second-order valence-electron chi connectivity index (χ2n) is 6.21. The molecule has 0 aliphatic carbocycles. The van der Waals surface area contributed by atoms with E-state index in [-0.39, 0.29) is 5.91 Å². The molecule has 0 unspecified atom stereocenters. The number of carbonyl (C=O) groups excluding carboxylic acids is 1. The highest BCUT2D eigenvalue weighted by Crippen LogP contribution is 2.31. The van der Waals surface area contributed by atoms with Gasteiger partial charge >= 0.3 is 0 Å². The summed E-state index contributed by atoms with van der Waals surface area (Å²) in [4.78, 5) is 12.0. The van der Waals surface area contributed by atoms with Gasteiger partial charge in [0.2, 0.25) is 5.91 Å². The van der Waals surface area contributed by atoms with Gasteiger partial charge in [-0.05, 0) is 37.7 Å². The third-order valence-corrected chi connectivity index (χ3v) is 3.51. The summed E-state index contributed by atoms with van der Waals surface area (Å²) >= 11 is 0. The SMILES string of the molecule is CCCC(CCC)c1cc(C)nnc1NC(=O)CC(C)C. The van der Waals surface area contributed by atoms with Crippen molar-refractivity contribution in [1.82, 2.24) is 10.2 Å². The van der Waals surface area contributed by atoms with E-state index < -0.39 is 0 Å². The number of aromatic nitrogens is 2. The van der Waals surface area contributed by atoms with Gasteiger partial charge in [-0.1, -0.05) is 40.5 Å². The van der Waals surface area contributed by atoms with Crippen LogP contribution in [0.15, 0.2) is 6.07 Å². The van der Waals surface area contributed by atoms with Crippen LogP contribution in [0.2, 0.25) is 0 Å². The van der Waals surface area contributed by atoms with E-state index in [9.17, 15) is 4.79 Å². The van der Waals surface area contributed by atoms with Gasteiger partial charge in [-0.15, -0.1) is 5.10 Å². The molecule has 1 rings (SSSR count). The number of nitrogens with one attached hydrogen (secondary N) is 1. The lowest BCUT2D eigenvalue weighted by molar-refractivity contribution is -0.116. The second-order valence-corrected chi connectivity index (χ2v) is 6.21. The van der Waals surface area contributed by atoms with Crippen molar-refractivity contribution >= 4 is 11.7 Å². The molecule has 1 heterocycles. The molecule has 1 aromatic heterocycles. The third-order valence-electron chi connectivity index (χ3n) is 3.51. The molecule has 0 fully saturated rings. The Labute approximate surface area is 128 Å². The fourth-order valence-corrected chi connectivity index (χ4v) is 2.62.